The van der Waals surface area contributed by atoms with Gasteiger partial charge in [-0.15, -0.1) is 0 Å². The maximum Gasteiger partial charge on any atom is 0.336 e. The van der Waals surface area contributed by atoms with Gasteiger partial charge in [0.25, 0.3) is 0 Å². The van der Waals surface area contributed by atoms with Crippen LogP contribution in [0.15, 0.2) is 45.1 Å². The van der Waals surface area contributed by atoms with E-state index in [2.05, 4.69) is 0 Å². The summed E-state index contributed by atoms with van der Waals surface area (Å²) < 4.78 is 16.5. The number of hydrogen-bond donors (Lipinski definition) is 1. The van der Waals surface area contributed by atoms with E-state index >= 15 is 0 Å². The lowest BCUT2D eigenvalue weighted by Crippen LogP contribution is -2.45. The first-order valence-electron chi connectivity index (χ1n) is 8.01. The Morgan fingerprint density at radius 2 is 2.04 bits per heavy atom. The Balaban J connectivity index is 1.93. The van der Waals surface area contributed by atoms with Crippen LogP contribution in [0, 0.1) is 0 Å². The molecule has 3 rings (SSSR count). The van der Waals surface area contributed by atoms with E-state index in [0.29, 0.717) is 27.9 Å². The Labute approximate surface area is 144 Å². The number of allylic oxidation sites excluding steroid dienone is 1. The molecular formula is C19H20O6. The van der Waals surface area contributed by atoms with E-state index in [1.54, 1.807) is 52.0 Å². The summed E-state index contributed by atoms with van der Waals surface area (Å²) >= 11 is 0. The van der Waals surface area contributed by atoms with Crippen molar-refractivity contribution >= 4 is 16.9 Å². The number of fused-ring (bicyclic) bond motifs is 2. The summed E-state index contributed by atoms with van der Waals surface area (Å²) in [4.78, 5) is 23.4. The van der Waals surface area contributed by atoms with E-state index in [0.717, 1.165) is 0 Å². The van der Waals surface area contributed by atoms with Crippen LogP contribution in [0.5, 0.6) is 5.75 Å². The van der Waals surface area contributed by atoms with Gasteiger partial charge in [0.15, 0.2) is 6.10 Å². The first kappa shape index (κ1) is 17.2. The molecule has 0 aliphatic carbocycles. The SMILES string of the molecule is C/C=C(/C)C(=O)OC(C)(C)[C@H]1Oc2cc3oc(=O)ccc3cc2[C@@H]1O. The second-order valence-electron chi connectivity index (χ2n) is 6.63. The third kappa shape index (κ3) is 3.05. The first-order valence-corrected chi connectivity index (χ1v) is 8.01. The number of benzene rings is 1. The molecule has 1 aromatic carbocycles. The van der Waals surface area contributed by atoms with Gasteiger partial charge in [0.2, 0.25) is 0 Å². The molecule has 0 radical (unpaired) electrons. The highest BCUT2D eigenvalue weighted by molar-refractivity contribution is 5.88. The average Bonchev–Trinajstić information content (AvgIpc) is 2.88. The molecule has 0 fully saturated rings. The predicted octanol–water partition coefficient (Wildman–Crippen LogP) is 2.88. The quantitative estimate of drug-likeness (QED) is 0.523. The van der Waals surface area contributed by atoms with Gasteiger partial charge in [-0.25, -0.2) is 9.59 Å². The largest absolute Gasteiger partial charge is 0.483 e. The van der Waals surface area contributed by atoms with E-state index in [-0.39, 0.29) is 0 Å². The molecule has 1 aliphatic rings. The zero-order valence-electron chi connectivity index (χ0n) is 14.5. The van der Waals surface area contributed by atoms with Crippen molar-refractivity contribution in [2.75, 3.05) is 0 Å². The van der Waals surface area contributed by atoms with Crippen LogP contribution in [0.2, 0.25) is 0 Å². The first-order chi connectivity index (χ1) is 11.7. The Morgan fingerprint density at radius 3 is 2.72 bits per heavy atom. The van der Waals surface area contributed by atoms with E-state index in [1.165, 1.54) is 6.07 Å². The van der Waals surface area contributed by atoms with Crippen molar-refractivity contribution in [2.24, 2.45) is 0 Å². The minimum atomic E-state index is -1.06. The number of ether oxygens (including phenoxy) is 2. The van der Waals surface area contributed by atoms with Gasteiger partial charge >= 0.3 is 11.6 Å². The lowest BCUT2D eigenvalue weighted by atomic mass is 9.93. The van der Waals surface area contributed by atoms with Crippen LogP contribution in [0.4, 0.5) is 0 Å². The van der Waals surface area contributed by atoms with Crippen molar-refractivity contribution in [2.45, 2.75) is 45.5 Å². The van der Waals surface area contributed by atoms with Gasteiger partial charge in [-0.1, -0.05) is 6.08 Å². The molecule has 1 aromatic heterocycles. The van der Waals surface area contributed by atoms with Crippen molar-refractivity contribution in [1.82, 2.24) is 0 Å². The predicted molar refractivity (Wildman–Crippen MR) is 91.5 cm³/mol. The molecule has 25 heavy (non-hydrogen) atoms. The maximum atomic E-state index is 12.1. The zero-order valence-corrected chi connectivity index (χ0v) is 14.5. The second-order valence-corrected chi connectivity index (χ2v) is 6.63. The van der Waals surface area contributed by atoms with Crippen LogP contribution in [-0.4, -0.2) is 22.8 Å². The molecule has 0 spiro atoms. The molecule has 1 aliphatic heterocycles. The summed E-state index contributed by atoms with van der Waals surface area (Å²) in [6, 6.07) is 6.24. The fraction of sp³-hybridized carbons (Fsp3) is 0.368. The van der Waals surface area contributed by atoms with Gasteiger partial charge in [0, 0.05) is 28.7 Å². The van der Waals surface area contributed by atoms with Crippen LogP contribution in [0.1, 0.15) is 39.4 Å². The van der Waals surface area contributed by atoms with Gasteiger partial charge in [0.1, 0.15) is 23.0 Å². The van der Waals surface area contributed by atoms with Crippen LogP contribution >= 0.6 is 0 Å². The number of carbonyl (C=O) groups is 1. The summed E-state index contributed by atoms with van der Waals surface area (Å²) in [6.07, 6.45) is -0.0897. The van der Waals surface area contributed by atoms with Crippen molar-refractivity contribution in [3.05, 3.63) is 51.9 Å². The summed E-state index contributed by atoms with van der Waals surface area (Å²) in [5.74, 6) is -0.0540. The summed E-state index contributed by atoms with van der Waals surface area (Å²) in [5, 5.41) is 11.4. The number of aliphatic hydroxyl groups is 1. The zero-order chi connectivity index (χ0) is 18.4. The minimum Gasteiger partial charge on any atom is -0.483 e. The molecule has 0 amide bonds. The van der Waals surface area contributed by atoms with Gasteiger partial charge in [-0.05, 0) is 39.8 Å². The topological polar surface area (TPSA) is 86.0 Å². The van der Waals surface area contributed by atoms with Crippen molar-refractivity contribution in [3.63, 3.8) is 0 Å². The summed E-state index contributed by atoms with van der Waals surface area (Å²) in [5.41, 5.74) is -0.103. The highest BCUT2D eigenvalue weighted by atomic mass is 16.6. The highest BCUT2D eigenvalue weighted by Gasteiger charge is 2.46. The fourth-order valence-corrected chi connectivity index (χ4v) is 2.83. The molecular weight excluding hydrogens is 324 g/mol. The Morgan fingerprint density at radius 1 is 1.32 bits per heavy atom. The molecule has 6 nitrogen and oxygen atoms in total. The Kier molecular flexibility index (Phi) is 4.16. The van der Waals surface area contributed by atoms with E-state index in [9.17, 15) is 14.7 Å². The molecule has 2 aromatic rings. The number of esters is 1. The lowest BCUT2D eigenvalue weighted by Gasteiger charge is -2.32. The van der Waals surface area contributed by atoms with Crippen LogP contribution in [-0.2, 0) is 9.53 Å². The smallest absolute Gasteiger partial charge is 0.336 e. The van der Waals surface area contributed by atoms with Gasteiger partial charge in [-0.2, -0.15) is 0 Å². The molecule has 0 saturated carbocycles. The molecule has 2 heterocycles. The monoisotopic (exact) mass is 344 g/mol. The molecule has 1 N–H and O–H groups in total. The fourth-order valence-electron chi connectivity index (χ4n) is 2.83. The Bertz CT molecular complexity index is 921. The average molecular weight is 344 g/mol. The third-order valence-corrected chi connectivity index (χ3v) is 4.41. The van der Waals surface area contributed by atoms with Crippen LogP contribution in [0.25, 0.3) is 11.0 Å². The van der Waals surface area contributed by atoms with Gasteiger partial charge in [0.05, 0.1) is 0 Å². The second kappa shape index (κ2) is 6.04. The molecule has 6 heteroatoms. The standard InChI is InChI=1S/C19H20O6/c1-5-10(2)18(22)25-19(3,4)17-16(21)12-8-11-6-7-15(20)23-13(11)9-14(12)24-17/h5-9,16-17,21H,1-4H3/b10-5-/t16-,17-/m0/s1. The lowest BCUT2D eigenvalue weighted by molar-refractivity contribution is -0.165. The van der Waals surface area contributed by atoms with Crippen LogP contribution < -0.4 is 10.4 Å². The molecule has 2 atom stereocenters. The number of hydrogen-bond acceptors (Lipinski definition) is 6. The highest BCUT2D eigenvalue weighted by Crippen LogP contribution is 2.43. The minimum absolute atomic E-state index is 0.374. The van der Waals surface area contributed by atoms with Crippen molar-refractivity contribution < 1.29 is 23.8 Å². The van der Waals surface area contributed by atoms with Crippen molar-refractivity contribution in [1.29, 1.82) is 0 Å². The molecule has 132 valence electrons. The van der Waals surface area contributed by atoms with Gasteiger partial charge in [-0.3, -0.25) is 0 Å². The summed E-state index contributed by atoms with van der Waals surface area (Å²) in [6.45, 7) is 6.79. The molecule has 0 bridgehead atoms. The Hall–Kier alpha value is -2.60. The normalized spacial score (nSPS) is 20.3. The maximum absolute atomic E-state index is 12.1. The van der Waals surface area contributed by atoms with Crippen molar-refractivity contribution in [3.8, 4) is 5.75 Å². The van der Waals surface area contributed by atoms with E-state index < -0.39 is 29.4 Å². The summed E-state index contributed by atoms with van der Waals surface area (Å²) in [7, 11) is 0. The molecule has 0 saturated heterocycles. The van der Waals surface area contributed by atoms with Crippen LogP contribution in [0.3, 0.4) is 0 Å². The molecule has 0 unspecified atom stereocenters. The van der Waals surface area contributed by atoms with E-state index in [1.807, 2.05) is 0 Å². The van der Waals surface area contributed by atoms with E-state index in [4.69, 9.17) is 13.9 Å². The number of aliphatic hydroxyl groups excluding tert-OH is 1. The van der Waals surface area contributed by atoms with Gasteiger partial charge < -0.3 is 19.0 Å². The third-order valence-electron chi connectivity index (χ3n) is 4.41. The number of carbonyl (C=O) groups excluding carboxylic acids is 1. The number of rotatable bonds is 3.